The van der Waals surface area contributed by atoms with Crippen LogP contribution >= 0.6 is 11.8 Å². The normalized spacial score (nSPS) is 18.0. The van der Waals surface area contributed by atoms with Gasteiger partial charge in [0.25, 0.3) is 0 Å². The molecule has 0 spiro atoms. The van der Waals surface area contributed by atoms with E-state index in [1.165, 1.54) is 11.8 Å². The fourth-order valence-electron chi connectivity index (χ4n) is 2.50. The Kier molecular flexibility index (Phi) is 6.58. The molecule has 0 aromatic heterocycles. The zero-order valence-electron chi connectivity index (χ0n) is 12.4. The van der Waals surface area contributed by atoms with E-state index < -0.39 is 5.97 Å². The average molecular weight is 323 g/mol. The number of nitrogens with zero attached hydrogens (tertiary/aromatic N) is 1. The molecule has 0 radical (unpaired) electrons. The highest BCUT2D eigenvalue weighted by atomic mass is 32.2. The lowest BCUT2D eigenvalue weighted by Gasteiger charge is -2.34. The first-order valence-electron chi connectivity index (χ1n) is 7.43. The van der Waals surface area contributed by atoms with Gasteiger partial charge in [-0.1, -0.05) is 30.3 Å². The summed E-state index contributed by atoms with van der Waals surface area (Å²) in [5.41, 5.74) is 0.963. The molecular formula is C16H21NO4S. The number of carbonyl (C=O) groups excluding carboxylic acids is 1. The van der Waals surface area contributed by atoms with Crippen molar-refractivity contribution in [3.8, 4) is 0 Å². The molecule has 2 rings (SSSR count). The summed E-state index contributed by atoms with van der Waals surface area (Å²) in [5.74, 6) is -0.102. The van der Waals surface area contributed by atoms with Crippen LogP contribution in [0.15, 0.2) is 30.3 Å². The van der Waals surface area contributed by atoms with Crippen molar-refractivity contribution in [3.05, 3.63) is 35.9 Å². The maximum absolute atomic E-state index is 12.3. The number of aliphatic carboxylic acids is 1. The molecule has 1 atom stereocenters. The third-order valence-electron chi connectivity index (χ3n) is 3.60. The van der Waals surface area contributed by atoms with Gasteiger partial charge in [-0.25, -0.2) is 4.79 Å². The predicted molar refractivity (Wildman–Crippen MR) is 85.9 cm³/mol. The second-order valence-electron chi connectivity index (χ2n) is 5.29. The molecule has 22 heavy (non-hydrogen) atoms. The monoisotopic (exact) mass is 323 g/mol. The minimum Gasteiger partial charge on any atom is -0.481 e. The average Bonchev–Trinajstić information content (AvgIpc) is 2.54. The lowest BCUT2D eigenvalue weighted by molar-refractivity contribution is -0.133. The third-order valence-corrected chi connectivity index (χ3v) is 4.67. The number of benzene rings is 1. The van der Waals surface area contributed by atoms with Gasteiger partial charge >= 0.3 is 12.1 Å². The highest BCUT2D eigenvalue weighted by Gasteiger charge is 2.27. The molecule has 6 heteroatoms. The molecule has 1 aliphatic rings. The van der Waals surface area contributed by atoms with Gasteiger partial charge in [0.2, 0.25) is 0 Å². The Bertz CT molecular complexity index is 494. The van der Waals surface area contributed by atoms with Crippen molar-refractivity contribution in [1.29, 1.82) is 0 Å². The van der Waals surface area contributed by atoms with Crippen molar-refractivity contribution in [2.45, 2.75) is 31.9 Å². The van der Waals surface area contributed by atoms with Crippen LogP contribution in [0.3, 0.4) is 0 Å². The number of likely N-dealkylation sites (tertiary alicyclic amines) is 1. The lowest BCUT2D eigenvalue weighted by atomic mass is 10.0. The molecule has 5 nitrogen and oxygen atoms in total. The molecular weight excluding hydrogens is 302 g/mol. The van der Waals surface area contributed by atoms with Crippen molar-refractivity contribution in [2.24, 2.45) is 0 Å². The van der Waals surface area contributed by atoms with Gasteiger partial charge in [-0.15, -0.1) is 11.8 Å². The Morgan fingerprint density at radius 3 is 2.77 bits per heavy atom. The van der Waals surface area contributed by atoms with E-state index in [0.29, 0.717) is 12.3 Å². The molecule has 120 valence electrons. The second kappa shape index (κ2) is 8.68. The summed E-state index contributed by atoms with van der Waals surface area (Å²) in [4.78, 5) is 24.6. The van der Waals surface area contributed by atoms with Gasteiger partial charge in [-0.3, -0.25) is 4.79 Å². The fourth-order valence-corrected chi connectivity index (χ4v) is 3.41. The van der Waals surface area contributed by atoms with Crippen molar-refractivity contribution >= 4 is 23.8 Å². The zero-order chi connectivity index (χ0) is 15.8. The summed E-state index contributed by atoms with van der Waals surface area (Å²) in [7, 11) is 0. The number of carbonyl (C=O) groups is 2. The first-order valence-corrected chi connectivity index (χ1v) is 8.59. The van der Waals surface area contributed by atoms with Crippen LogP contribution in [-0.2, 0) is 16.1 Å². The van der Waals surface area contributed by atoms with Crippen molar-refractivity contribution in [1.82, 2.24) is 4.90 Å². The number of thioether (sulfide) groups is 1. The standard InChI is InChI=1S/C16H21NO4S/c18-15(19)12-22-11-14-8-4-5-9-17(14)16(20)21-10-13-6-2-1-3-7-13/h1-3,6-7,14H,4-5,8-12H2,(H,18,19)/t14-/m1/s1. The van der Waals surface area contributed by atoms with Gasteiger partial charge in [-0.2, -0.15) is 0 Å². The molecule has 1 aromatic rings. The highest BCUT2D eigenvalue weighted by molar-refractivity contribution is 7.99. The largest absolute Gasteiger partial charge is 0.481 e. The molecule has 1 fully saturated rings. The van der Waals surface area contributed by atoms with E-state index in [1.807, 2.05) is 30.3 Å². The quantitative estimate of drug-likeness (QED) is 0.871. The van der Waals surface area contributed by atoms with Crippen LogP contribution in [0.2, 0.25) is 0 Å². The Balaban J connectivity index is 1.83. The Hall–Kier alpha value is -1.69. The molecule has 1 amide bonds. The predicted octanol–water partition coefficient (Wildman–Crippen LogP) is 3.00. The maximum Gasteiger partial charge on any atom is 0.410 e. The van der Waals surface area contributed by atoms with Crippen LogP contribution in [0.5, 0.6) is 0 Å². The minimum absolute atomic E-state index is 0.0707. The highest BCUT2D eigenvalue weighted by Crippen LogP contribution is 2.22. The Morgan fingerprint density at radius 2 is 2.05 bits per heavy atom. The first kappa shape index (κ1) is 16.7. The molecule has 0 aliphatic carbocycles. The van der Waals surface area contributed by atoms with Gasteiger partial charge in [0, 0.05) is 18.3 Å². The Morgan fingerprint density at radius 1 is 1.27 bits per heavy atom. The van der Waals surface area contributed by atoms with Crippen molar-refractivity contribution in [2.75, 3.05) is 18.1 Å². The van der Waals surface area contributed by atoms with Crippen LogP contribution in [0, 0.1) is 0 Å². The van der Waals surface area contributed by atoms with Crippen molar-refractivity contribution < 1.29 is 19.4 Å². The van der Waals surface area contributed by atoms with Gasteiger partial charge in [0.15, 0.2) is 0 Å². The molecule has 1 heterocycles. The maximum atomic E-state index is 12.3. The summed E-state index contributed by atoms with van der Waals surface area (Å²) in [6, 6.07) is 9.66. The number of carboxylic acid groups (broad SMARTS) is 1. The summed E-state index contributed by atoms with van der Waals surface area (Å²) >= 11 is 1.35. The summed E-state index contributed by atoms with van der Waals surface area (Å²) in [6.07, 6.45) is 2.65. The second-order valence-corrected chi connectivity index (χ2v) is 6.32. The minimum atomic E-state index is -0.820. The molecule has 1 saturated heterocycles. The number of hydrogen-bond donors (Lipinski definition) is 1. The van der Waals surface area contributed by atoms with Gasteiger partial charge in [0.1, 0.15) is 6.61 Å². The molecule has 0 bridgehead atoms. The van der Waals surface area contributed by atoms with Crippen molar-refractivity contribution in [3.63, 3.8) is 0 Å². The van der Waals surface area contributed by atoms with E-state index in [9.17, 15) is 9.59 Å². The van der Waals surface area contributed by atoms with Crippen LogP contribution < -0.4 is 0 Å². The number of amides is 1. The zero-order valence-corrected chi connectivity index (χ0v) is 13.3. The number of hydrogen-bond acceptors (Lipinski definition) is 4. The van der Waals surface area contributed by atoms with E-state index in [4.69, 9.17) is 9.84 Å². The molecule has 1 aromatic carbocycles. The van der Waals surface area contributed by atoms with E-state index >= 15 is 0 Å². The van der Waals surface area contributed by atoms with E-state index in [2.05, 4.69) is 0 Å². The van der Waals surface area contributed by atoms with Gasteiger partial charge in [0.05, 0.1) is 5.75 Å². The number of piperidine rings is 1. The topological polar surface area (TPSA) is 66.8 Å². The van der Waals surface area contributed by atoms with Gasteiger partial charge < -0.3 is 14.7 Å². The smallest absolute Gasteiger partial charge is 0.410 e. The molecule has 1 N–H and O–H groups in total. The number of ether oxygens (including phenoxy) is 1. The van der Waals surface area contributed by atoms with E-state index in [-0.39, 0.29) is 24.5 Å². The fraction of sp³-hybridized carbons (Fsp3) is 0.500. The molecule has 1 aliphatic heterocycles. The van der Waals surface area contributed by atoms with Crippen LogP contribution in [-0.4, -0.2) is 46.2 Å². The van der Waals surface area contributed by atoms with E-state index in [0.717, 1.165) is 24.8 Å². The van der Waals surface area contributed by atoms with Gasteiger partial charge in [-0.05, 0) is 24.8 Å². The SMILES string of the molecule is O=C(O)CSC[C@H]1CCCCN1C(=O)OCc1ccccc1. The summed E-state index contributed by atoms with van der Waals surface area (Å²) in [5, 5.41) is 8.70. The van der Waals surface area contributed by atoms with Crippen LogP contribution in [0.1, 0.15) is 24.8 Å². The van der Waals surface area contributed by atoms with Crippen LogP contribution in [0.25, 0.3) is 0 Å². The Labute approximate surface area is 134 Å². The summed E-state index contributed by atoms with van der Waals surface area (Å²) < 4.78 is 5.39. The number of rotatable bonds is 6. The summed E-state index contributed by atoms with van der Waals surface area (Å²) in [6.45, 7) is 0.955. The number of carboxylic acids is 1. The third kappa shape index (κ3) is 5.26. The first-order chi connectivity index (χ1) is 10.7. The van der Waals surface area contributed by atoms with E-state index in [1.54, 1.807) is 4.90 Å². The molecule has 0 unspecified atom stereocenters. The molecule has 0 saturated carbocycles. The van der Waals surface area contributed by atoms with Crippen LogP contribution in [0.4, 0.5) is 4.79 Å². The lowest BCUT2D eigenvalue weighted by Crippen LogP contribution is -2.45.